The number of rotatable bonds is 3. The van der Waals surface area contributed by atoms with Crippen LogP contribution < -0.4 is 9.47 Å². The Labute approximate surface area is 140 Å². The Morgan fingerprint density at radius 3 is 2.17 bits per heavy atom. The average molecular weight is 320 g/mol. The first-order valence-electron chi connectivity index (χ1n) is 7.94. The highest BCUT2D eigenvalue weighted by molar-refractivity contribution is 6.02. The van der Waals surface area contributed by atoms with E-state index in [1.807, 2.05) is 6.20 Å². The van der Waals surface area contributed by atoms with Gasteiger partial charge in [-0.1, -0.05) is 0 Å². The van der Waals surface area contributed by atoms with Gasteiger partial charge in [0.15, 0.2) is 0 Å². The predicted molar refractivity (Wildman–Crippen MR) is 98.2 cm³/mol. The molecule has 4 heteroatoms. The summed E-state index contributed by atoms with van der Waals surface area (Å²) in [6.45, 7) is 4.14. The molecule has 4 rings (SSSR count). The Hall–Kier alpha value is -2.88. The number of aromatic nitrogens is 2. The summed E-state index contributed by atoms with van der Waals surface area (Å²) < 4.78 is 11.1. The molecule has 2 aromatic heterocycles. The van der Waals surface area contributed by atoms with E-state index >= 15 is 0 Å². The maximum absolute atomic E-state index is 5.61. The maximum Gasteiger partial charge on any atom is 0.129 e. The van der Waals surface area contributed by atoms with Crippen LogP contribution in [0, 0.1) is 13.8 Å². The third-order valence-electron chi connectivity index (χ3n) is 4.46. The van der Waals surface area contributed by atoms with Gasteiger partial charge in [0, 0.05) is 28.4 Å². The molecule has 2 N–H and O–H groups in total. The third kappa shape index (κ3) is 2.14. The number of aromatic amines is 2. The predicted octanol–water partition coefficient (Wildman–Crippen LogP) is 4.95. The van der Waals surface area contributed by atoms with Crippen molar-refractivity contribution in [3.63, 3.8) is 0 Å². The van der Waals surface area contributed by atoms with E-state index in [2.05, 4.69) is 54.1 Å². The van der Waals surface area contributed by atoms with Crippen LogP contribution in [0.5, 0.6) is 11.5 Å². The van der Waals surface area contributed by atoms with Crippen LogP contribution in [0.1, 0.15) is 11.1 Å². The van der Waals surface area contributed by atoms with Gasteiger partial charge in [0.25, 0.3) is 0 Å². The van der Waals surface area contributed by atoms with Crippen molar-refractivity contribution in [2.45, 2.75) is 13.8 Å². The second kappa shape index (κ2) is 5.34. The lowest BCUT2D eigenvalue weighted by molar-refractivity contribution is 0.419. The molecular formula is C20H20N2O2. The first-order valence-corrected chi connectivity index (χ1v) is 7.94. The van der Waals surface area contributed by atoms with Crippen LogP contribution in [0.3, 0.4) is 0 Å². The molecule has 0 spiro atoms. The number of nitrogens with one attached hydrogen (secondary N) is 2. The van der Waals surface area contributed by atoms with Crippen molar-refractivity contribution < 1.29 is 9.47 Å². The van der Waals surface area contributed by atoms with Crippen LogP contribution in [-0.4, -0.2) is 24.2 Å². The topological polar surface area (TPSA) is 50.0 Å². The molecule has 0 bridgehead atoms. The van der Waals surface area contributed by atoms with Gasteiger partial charge in [-0.25, -0.2) is 0 Å². The molecule has 4 aromatic rings. The smallest absolute Gasteiger partial charge is 0.129 e. The lowest BCUT2D eigenvalue weighted by Crippen LogP contribution is -1.86. The molecule has 0 aliphatic heterocycles. The average Bonchev–Trinajstić information content (AvgIpc) is 3.16. The standard InChI is InChI=1S/C20H20N2O2/c1-11-5-15-13(18(7-11)23-3)9-16(22-15)14-10-21-17-6-12(2)8-19(24-4)20(14)17/h5-10,21-22H,1-4H3. The van der Waals surface area contributed by atoms with Crippen molar-refractivity contribution in [1.82, 2.24) is 9.97 Å². The molecule has 24 heavy (non-hydrogen) atoms. The summed E-state index contributed by atoms with van der Waals surface area (Å²) in [4.78, 5) is 6.87. The van der Waals surface area contributed by atoms with E-state index in [0.29, 0.717) is 0 Å². The highest BCUT2D eigenvalue weighted by atomic mass is 16.5. The quantitative estimate of drug-likeness (QED) is 0.561. The number of ether oxygens (including phenoxy) is 2. The second-order valence-electron chi connectivity index (χ2n) is 6.20. The molecular weight excluding hydrogens is 300 g/mol. The van der Waals surface area contributed by atoms with Gasteiger partial charge in [-0.2, -0.15) is 0 Å². The molecule has 0 fully saturated rings. The summed E-state index contributed by atoms with van der Waals surface area (Å²) in [6.07, 6.45) is 2.02. The first kappa shape index (κ1) is 14.7. The number of benzene rings is 2. The zero-order chi connectivity index (χ0) is 16.8. The van der Waals surface area contributed by atoms with E-state index in [-0.39, 0.29) is 0 Å². The molecule has 0 atom stereocenters. The number of hydrogen-bond acceptors (Lipinski definition) is 2. The molecule has 0 saturated carbocycles. The summed E-state index contributed by atoms with van der Waals surface area (Å²) in [7, 11) is 3.42. The summed E-state index contributed by atoms with van der Waals surface area (Å²) in [5.41, 5.74) is 6.62. The van der Waals surface area contributed by atoms with Crippen molar-refractivity contribution in [2.24, 2.45) is 0 Å². The zero-order valence-corrected chi connectivity index (χ0v) is 14.3. The van der Waals surface area contributed by atoms with Gasteiger partial charge in [0.2, 0.25) is 0 Å². The largest absolute Gasteiger partial charge is 0.496 e. The maximum atomic E-state index is 5.61. The highest BCUT2D eigenvalue weighted by Gasteiger charge is 2.15. The fourth-order valence-electron chi connectivity index (χ4n) is 3.40. The fourth-order valence-corrected chi connectivity index (χ4v) is 3.40. The summed E-state index contributed by atoms with van der Waals surface area (Å²) in [5, 5.41) is 2.17. The first-order chi connectivity index (χ1) is 11.6. The minimum Gasteiger partial charge on any atom is -0.496 e. The Balaban J connectivity index is 2.00. The molecule has 2 aromatic carbocycles. The van der Waals surface area contributed by atoms with Gasteiger partial charge < -0.3 is 19.4 Å². The lowest BCUT2D eigenvalue weighted by Gasteiger charge is -2.05. The lowest BCUT2D eigenvalue weighted by atomic mass is 10.1. The number of aryl methyl sites for hydroxylation is 2. The Morgan fingerprint density at radius 2 is 1.46 bits per heavy atom. The van der Waals surface area contributed by atoms with E-state index in [4.69, 9.17) is 9.47 Å². The van der Waals surface area contributed by atoms with E-state index in [9.17, 15) is 0 Å². The summed E-state index contributed by atoms with van der Waals surface area (Å²) >= 11 is 0. The fraction of sp³-hybridized carbons (Fsp3) is 0.200. The molecule has 0 saturated heterocycles. The number of methoxy groups -OCH3 is 2. The van der Waals surface area contributed by atoms with Crippen molar-refractivity contribution in [1.29, 1.82) is 0 Å². The number of fused-ring (bicyclic) bond motifs is 2. The van der Waals surface area contributed by atoms with Gasteiger partial charge in [-0.3, -0.25) is 0 Å². The van der Waals surface area contributed by atoms with E-state index in [1.165, 1.54) is 11.1 Å². The van der Waals surface area contributed by atoms with Crippen LogP contribution in [0.4, 0.5) is 0 Å². The number of H-pyrrole nitrogens is 2. The number of hydrogen-bond donors (Lipinski definition) is 2. The van der Waals surface area contributed by atoms with Crippen LogP contribution in [0.15, 0.2) is 36.5 Å². The zero-order valence-electron chi connectivity index (χ0n) is 14.3. The van der Waals surface area contributed by atoms with E-state index < -0.39 is 0 Å². The molecule has 4 nitrogen and oxygen atoms in total. The van der Waals surface area contributed by atoms with Crippen LogP contribution in [-0.2, 0) is 0 Å². The highest BCUT2D eigenvalue weighted by Crippen LogP contribution is 2.38. The van der Waals surface area contributed by atoms with Crippen molar-refractivity contribution in [3.8, 4) is 22.8 Å². The normalized spacial score (nSPS) is 11.3. The van der Waals surface area contributed by atoms with Gasteiger partial charge in [-0.05, 0) is 55.3 Å². The van der Waals surface area contributed by atoms with Gasteiger partial charge in [-0.15, -0.1) is 0 Å². The van der Waals surface area contributed by atoms with Crippen molar-refractivity contribution >= 4 is 21.8 Å². The summed E-state index contributed by atoms with van der Waals surface area (Å²) in [6, 6.07) is 10.5. The molecule has 0 radical (unpaired) electrons. The van der Waals surface area contributed by atoms with Gasteiger partial charge >= 0.3 is 0 Å². The Bertz CT molecular complexity index is 1060. The Morgan fingerprint density at radius 1 is 0.792 bits per heavy atom. The molecule has 0 unspecified atom stereocenters. The van der Waals surface area contributed by atoms with E-state index in [0.717, 1.165) is 44.6 Å². The van der Waals surface area contributed by atoms with Gasteiger partial charge in [0.05, 0.1) is 25.1 Å². The minimum absolute atomic E-state index is 0.878. The molecule has 2 heterocycles. The van der Waals surface area contributed by atoms with Crippen molar-refractivity contribution in [3.05, 3.63) is 47.7 Å². The van der Waals surface area contributed by atoms with E-state index in [1.54, 1.807) is 14.2 Å². The van der Waals surface area contributed by atoms with Crippen LogP contribution >= 0.6 is 0 Å². The monoisotopic (exact) mass is 320 g/mol. The Kier molecular flexibility index (Phi) is 3.27. The molecule has 0 aliphatic carbocycles. The second-order valence-corrected chi connectivity index (χ2v) is 6.20. The van der Waals surface area contributed by atoms with Crippen molar-refractivity contribution in [2.75, 3.05) is 14.2 Å². The van der Waals surface area contributed by atoms with Gasteiger partial charge in [0.1, 0.15) is 11.5 Å². The molecule has 122 valence electrons. The minimum atomic E-state index is 0.878. The molecule has 0 aliphatic rings. The van der Waals surface area contributed by atoms with Crippen LogP contribution in [0.25, 0.3) is 33.1 Å². The molecule has 0 amide bonds. The SMILES string of the molecule is COc1cc(C)cc2[nH]c(-c3c[nH]c4cc(C)cc(OC)c34)cc12. The summed E-state index contributed by atoms with van der Waals surface area (Å²) in [5.74, 6) is 1.76. The van der Waals surface area contributed by atoms with Crippen LogP contribution in [0.2, 0.25) is 0 Å². The third-order valence-corrected chi connectivity index (χ3v) is 4.46.